The first-order chi connectivity index (χ1) is 19.8. The molecule has 0 aliphatic carbocycles. The van der Waals surface area contributed by atoms with E-state index in [1.54, 1.807) is 11.0 Å². The second-order valence-corrected chi connectivity index (χ2v) is 11.6. The van der Waals surface area contributed by atoms with Gasteiger partial charge in [0.2, 0.25) is 5.91 Å². The number of hydrogen-bond acceptors (Lipinski definition) is 4. The number of para-hydroxylation sites is 3. The number of imidazole rings is 1. The van der Waals surface area contributed by atoms with Gasteiger partial charge >= 0.3 is 6.18 Å². The standard InChI is InChI=1S/C31H31BrF3N5O/c32-23-11-13-24(14-12-23)40-28-10-4-2-8-26(28)36-29(40)21-37-15-5-6-22(20-37)30(41)39-18-16-38(17-19-39)27-9-3-1-7-25(27)31(33,34)35/h1-4,7-14,22H,5-6,15-21H2/t22-/m0/s1. The van der Waals surface area contributed by atoms with Crippen LogP contribution in [0.3, 0.4) is 0 Å². The first-order valence-electron chi connectivity index (χ1n) is 13.9. The van der Waals surface area contributed by atoms with Crippen molar-refractivity contribution in [3.8, 4) is 5.69 Å². The zero-order valence-electron chi connectivity index (χ0n) is 22.5. The molecule has 1 amide bonds. The maximum atomic E-state index is 13.6. The number of halogens is 4. The van der Waals surface area contributed by atoms with Crippen molar-refractivity contribution in [2.75, 3.05) is 44.2 Å². The molecule has 0 radical (unpaired) electrons. The number of fused-ring (bicyclic) bond motifs is 1. The van der Waals surface area contributed by atoms with E-state index in [0.717, 1.165) is 52.5 Å². The fraction of sp³-hybridized carbons (Fsp3) is 0.355. The number of amides is 1. The number of anilines is 1. The molecule has 2 fully saturated rings. The number of rotatable bonds is 5. The molecule has 6 rings (SSSR count). The van der Waals surface area contributed by atoms with Gasteiger partial charge in [-0.05, 0) is 67.9 Å². The molecule has 3 aromatic carbocycles. The van der Waals surface area contributed by atoms with E-state index in [1.165, 1.54) is 12.1 Å². The highest BCUT2D eigenvalue weighted by Crippen LogP contribution is 2.37. The molecule has 0 bridgehead atoms. The van der Waals surface area contributed by atoms with Crippen LogP contribution < -0.4 is 4.90 Å². The molecule has 214 valence electrons. The molecule has 2 aliphatic heterocycles. The first-order valence-corrected chi connectivity index (χ1v) is 14.7. The fourth-order valence-electron chi connectivity index (χ4n) is 6.08. The normalized spacial score (nSPS) is 18.7. The highest BCUT2D eigenvalue weighted by Gasteiger charge is 2.36. The van der Waals surface area contributed by atoms with Crippen molar-refractivity contribution in [2.24, 2.45) is 5.92 Å². The summed E-state index contributed by atoms with van der Waals surface area (Å²) in [5.74, 6) is 0.890. The number of aromatic nitrogens is 2. The number of hydrogen-bond donors (Lipinski definition) is 0. The highest BCUT2D eigenvalue weighted by atomic mass is 79.9. The number of carbonyl (C=O) groups excluding carboxylic acids is 1. The van der Waals surface area contributed by atoms with Crippen LogP contribution in [0.25, 0.3) is 16.7 Å². The Kier molecular flexibility index (Phi) is 7.78. The Hall–Kier alpha value is -3.37. The summed E-state index contributed by atoms with van der Waals surface area (Å²) in [4.78, 5) is 24.4. The Balaban J connectivity index is 1.13. The van der Waals surface area contributed by atoms with Crippen LogP contribution >= 0.6 is 15.9 Å². The van der Waals surface area contributed by atoms with Crippen LogP contribution in [-0.2, 0) is 17.5 Å². The number of alkyl halides is 3. The van der Waals surface area contributed by atoms with Crippen LogP contribution in [0.5, 0.6) is 0 Å². The number of likely N-dealkylation sites (tertiary alicyclic amines) is 1. The fourth-order valence-corrected chi connectivity index (χ4v) is 6.34. The van der Waals surface area contributed by atoms with E-state index >= 15 is 0 Å². The summed E-state index contributed by atoms with van der Waals surface area (Å²) in [5.41, 5.74) is 2.56. The van der Waals surface area contributed by atoms with Crippen LogP contribution in [-0.4, -0.2) is 64.5 Å². The second-order valence-electron chi connectivity index (χ2n) is 10.7. The molecule has 0 saturated carbocycles. The van der Waals surface area contributed by atoms with Crippen molar-refractivity contribution < 1.29 is 18.0 Å². The molecule has 10 heteroatoms. The van der Waals surface area contributed by atoms with Crippen molar-refractivity contribution in [2.45, 2.75) is 25.6 Å². The van der Waals surface area contributed by atoms with Gasteiger partial charge in [0, 0.05) is 48.6 Å². The Morgan fingerprint density at radius 2 is 1.61 bits per heavy atom. The van der Waals surface area contributed by atoms with Gasteiger partial charge in [-0.25, -0.2) is 4.98 Å². The molecule has 41 heavy (non-hydrogen) atoms. The second kappa shape index (κ2) is 11.5. The summed E-state index contributed by atoms with van der Waals surface area (Å²) >= 11 is 3.52. The third kappa shape index (κ3) is 5.85. The van der Waals surface area contributed by atoms with Gasteiger partial charge in [-0.1, -0.05) is 40.2 Å². The molecule has 2 aliphatic rings. The van der Waals surface area contributed by atoms with E-state index in [9.17, 15) is 18.0 Å². The SMILES string of the molecule is O=C([C@H]1CCCN(Cc2nc3ccccc3n2-c2ccc(Br)cc2)C1)N1CCN(c2ccccc2C(F)(F)F)CC1. The van der Waals surface area contributed by atoms with E-state index in [1.807, 2.05) is 35.2 Å². The van der Waals surface area contributed by atoms with Crippen molar-refractivity contribution in [1.29, 1.82) is 0 Å². The van der Waals surface area contributed by atoms with E-state index in [4.69, 9.17) is 4.98 Å². The van der Waals surface area contributed by atoms with Crippen LogP contribution in [0.4, 0.5) is 18.9 Å². The molecule has 4 aromatic rings. The number of benzene rings is 3. The van der Waals surface area contributed by atoms with Crippen LogP contribution in [0, 0.1) is 5.92 Å². The minimum absolute atomic E-state index is 0.0971. The molecule has 6 nitrogen and oxygen atoms in total. The van der Waals surface area contributed by atoms with Gasteiger partial charge in [0.25, 0.3) is 0 Å². The topological polar surface area (TPSA) is 44.6 Å². The van der Waals surface area contributed by atoms with Crippen molar-refractivity contribution >= 4 is 38.6 Å². The van der Waals surface area contributed by atoms with Crippen molar-refractivity contribution in [3.63, 3.8) is 0 Å². The highest BCUT2D eigenvalue weighted by molar-refractivity contribution is 9.10. The van der Waals surface area contributed by atoms with E-state index < -0.39 is 11.7 Å². The summed E-state index contributed by atoms with van der Waals surface area (Å²) in [6, 6.07) is 21.9. The van der Waals surface area contributed by atoms with Gasteiger partial charge in [-0.15, -0.1) is 0 Å². The monoisotopic (exact) mass is 625 g/mol. The summed E-state index contributed by atoms with van der Waals surface area (Å²) < 4.78 is 43.8. The summed E-state index contributed by atoms with van der Waals surface area (Å²) in [7, 11) is 0. The maximum Gasteiger partial charge on any atom is 0.418 e. The Labute approximate surface area is 245 Å². The lowest BCUT2D eigenvalue weighted by Gasteiger charge is -2.40. The average Bonchev–Trinajstić information content (AvgIpc) is 3.34. The predicted molar refractivity (Wildman–Crippen MR) is 157 cm³/mol. The molecule has 1 atom stereocenters. The van der Waals surface area contributed by atoms with E-state index in [2.05, 4.69) is 43.6 Å². The zero-order valence-corrected chi connectivity index (χ0v) is 24.1. The van der Waals surface area contributed by atoms with Gasteiger partial charge in [-0.2, -0.15) is 13.2 Å². The van der Waals surface area contributed by atoms with E-state index in [0.29, 0.717) is 39.3 Å². The van der Waals surface area contributed by atoms with Crippen molar-refractivity contribution in [3.05, 3.63) is 88.7 Å². The minimum atomic E-state index is -4.41. The van der Waals surface area contributed by atoms with Crippen LogP contribution in [0.1, 0.15) is 24.2 Å². The minimum Gasteiger partial charge on any atom is -0.367 e. The van der Waals surface area contributed by atoms with Gasteiger partial charge in [0.15, 0.2) is 0 Å². The van der Waals surface area contributed by atoms with Crippen molar-refractivity contribution in [1.82, 2.24) is 19.4 Å². The van der Waals surface area contributed by atoms with Gasteiger partial charge in [0.1, 0.15) is 5.82 Å². The summed E-state index contributed by atoms with van der Waals surface area (Å²) in [5, 5.41) is 0. The molecule has 0 N–H and O–H groups in total. The zero-order chi connectivity index (χ0) is 28.6. The lowest BCUT2D eigenvalue weighted by molar-refractivity contribution is -0.139. The largest absolute Gasteiger partial charge is 0.418 e. The van der Waals surface area contributed by atoms with Gasteiger partial charge < -0.3 is 9.80 Å². The van der Waals surface area contributed by atoms with Crippen LogP contribution in [0.2, 0.25) is 0 Å². The Morgan fingerprint density at radius 1 is 0.902 bits per heavy atom. The van der Waals surface area contributed by atoms with Gasteiger partial charge in [0.05, 0.1) is 29.1 Å². The molecule has 0 unspecified atom stereocenters. The lowest BCUT2D eigenvalue weighted by atomic mass is 9.96. The molecular weight excluding hydrogens is 595 g/mol. The molecular formula is C31H31BrF3N5O. The van der Waals surface area contributed by atoms with Gasteiger partial charge in [-0.3, -0.25) is 14.3 Å². The summed E-state index contributed by atoms with van der Waals surface area (Å²) in [6.45, 7) is 3.74. The third-order valence-corrected chi connectivity index (χ3v) is 8.61. The third-order valence-electron chi connectivity index (χ3n) is 8.08. The Bertz CT molecular complexity index is 1530. The molecule has 0 spiro atoms. The molecule has 1 aromatic heterocycles. The average molecular weight is 627 g/mol. The molecule has 3 heterocycles. The predicted octanol–water partition coefficient (Wildman–Crippen LogP) is 6.37. The number of carbonyl (C=O) groups is 1. The number of piperazine rings is 1. The summed E-state index contributed by atoms with van der Waals surface area (Å²) in [6.07, 6.45) is -2.68. The molecule has 2 saturated heterocycles. The Morgan fingerprint density at radius 3 is 2.37 bits per heavy atom. The quantitative estimate of drug-likeness (QED) is 0.259. The number of nitrogens with zero attached hydrogens (tertiary/aromatic N) is 5. The van der Waals surface area contributed by atoms with Crippen LogP contribution in [0.15, 0.2) is 77.3 Å². The van der Waals surface area contributed by atoms with E-state index in [-0.39, 0.29) is 17.5 Å². The smallest absolute Gasteiger partial charge is 0.367 e. The maximum absolute atomic E-state index is 13.6. The lowest BCUT2D eigenvalue weighted by Crippen LogP contribution is -2.52. The first kappa shape index (κ1) is 27.8. The number of piperidine rings is 1.